The van der Waals surface area contributed by atoms with Crippen LogP contribution in [0.15, 0.2) is 24.3 Å². The summed E-state index contributed by atoms with van der Waals surface area (Å²) in [6.07, 6.45) is 0.552. The third-order valence-corrected chi connectivity index (χ3v) is 1.76. The van der Waals surface area contributed by atoms with Crippen molar-refractivity contribution in [1.29, 1.82) is 0 Å². The van der Waals surface area contributed by atoms with Gasteiger partial charge in [-0.25, -0.2) is 0 Å². The molecule has 0 saturated heterocycles. The molecule has 0 unspecified atom stereocenters. The molecular weight excluding hydrogens is 192 g/mol. The molecule has 0 radical (unpaired) electrons. The van der Waals surface area contributed by atoms with Crippen LogP contribution < -0.4 is 4.74 Å². The van der Waals surface area contributed by atoms with E-state index in [1.165, 1.54) is 0 Å². The average molecular weight is 204 g/mol. The van der Waals surface area contributed by atoms with Crippen LogP contribution in [0.3, 0.4) is 0 Å². The summed E-state index contributed by atoms with van der Waals surface area (Å²) in [5.74, 6) is 5.66. The predicted octanol–water partition coefficient (Wildman–Crippen LogP) is 1.41. The maximum atomic E-state index is 9.87. The Balaban J connectivity index is 2.34. The average Bonchev–Trinajstić information content (AvgIpc) is 2.30. The second-order valence-electron chi connectivity index (χ2n) is 2.78. The summed E-state index contributed by atoms with van der Waals surface area (Å²) in [4.78, 5) is 9.87. The van der Waals surface area contributed by atoms with Gasteiger partial charge in [-0.3, -0.25) is 4.79 Å². The summed E-state index contributed by atoms with van der Waals surface area (Å²) < 4.78 is 10.2. The van der Waals surface area contributed by atoms with Crippen molar-refractivity contribution in [3.8, 4) is 17.6 Å². The molecule has 0 aromatic heterocycles. The van der Waals surface area contributed by atoms with E-state index in [0.29, 0.717) is 12.9 Å². The molecule has 0 bridgehead atoms. The molecule has 0 N–H and O–H groups in total. The number of benzene rings is 1. The van der Waals surface area contributed by atoms with Crippen molar-refractivity contribution in [2.75, 3.05) is 13.7 Å². The molecule has 1 aromatic carbocycles. The number of methoxy groups -OCH3 is 1. The number of aldehydes is 1. The molecule has 3 heteroatoms. The molecule has 0 aliphatic rings. The van der Waals surface area contributed by atoms with Gasteiger partial charge in [-0.1, -0.05) is 18.1 Å². The van der Waals surface area contributed by atoms with Crippen LogP contribution in [0.5, 0.6) is 5.75 Å². The molecule has 0 spiro atoms. The molecule has 0 fully saturated rings. The lowest BCUT2D eigenvalue weighted by Crippen LogP contribution is -1.93. The van der Waals surface area contributed by atoms with Crippen molar-refractivity contribution in [2.45, 2.75) is 6.61 Å². The SMILES string of the molecule is COc1ccc(COCC#CC=O)cc1. The van der Waals surface area contributed by atoms with Crippen LogP contribution in [0.2, 0.25) is 0 Å². The van der Waals surface area contributed by atoms with Crippen LogP contribution in [-0.4, -0.2) is 20.0 Å². The minimum absolute atomic E-state index is 0.269. The number of carbonyl (C=O) groups is 1. The normalized spacial score (nSPS) is 8.87. The molecule has 78 valence electrons. The summed E-state index contributed by atoms with van der Waals surface area (Å²) in [6, 6.07) is 7.59. The highest BCUT2D eigenvalue weighted by molar-refractivity contribution is 5.72. The third kappa shape index (κ3) is 4.30. The van der Waals surface area contributed by atoms with Gasteiger partial charge >= 0.3 is 0 Å². The first kappa shape index (κ1) is 11.3. The molecular formula is C12H12O3. The molecule has 1 rings (SSSR count). The van der Waals surface area contributed by atoms with Gasteiger partial charge in [-0.05, 0) is 23.6 Å². The van der Waals surface area contributed by atoms with E-state index in [9.17, 15) is 4.79 Å². The van der Waals surface area contributed by atoms with Crippen molar-refractivity contribution in [2.24, 2.45) is 0 Å². The molecule has 0 atom stereocenters. The molecule has 0 amide bonds. The van der Waals surface area contributed by atoms with Crippen molar-refractivity contribution in [3.05, 3.63) is 29.8 Å². The Kier molecular flexibility index (Phi) is 4.99. The van der Waals surface area contributed by atoms with E-state index < -0.39 is 0 Å². The topological polar surface area (TPSA) is 35.5 Å². The molecule has 0 saturated carbocycles. The number of hydrogen-bond acceptors (Lipinski definition) is 3. The van der Waals surface area contributed by atoms with Crippen molar-refractivity contribution < 1.29 is 14.3 Å². The Labute approximate surface area is 89.0 Å². The zero-order chi connectivity index (χ0) is 10.9. The van der Waals surface area contributed by atoms with Crippen LogP contribution in [0.1, 0.15) is 5.56 Å². The van der Waals surface area contributed by atoms with Crippen LogP contribution in [0.25, 0.3) is 0 Å². The smallest absolute Gasteiger partial charge is 0.192 e. The van der Waals surface area contributed by atoms with Gasteiger partial charge in [-0.2, -0.15) is 0 Å². The maximum absolute atomic E-state index is 9.87. The van der Waals surface area contributed by atoms with Gasteiger partial charge in [0.25, 0.3) is 0 Å². The van der Waals surface area contributed by atoms with Crippen LogP contribution >= 0.6 is 0 Å². The van der Waals surface area contributed by atoms with E-state index in [-0.39, 0.29) is 6.61 Å². The van der Waals surface area contributed by atoms with Gasteiger partial charge < -0.3 is 9.47 Å². The van der Waals surface area contributed by atoms with Gasteiger partial charge in [0.2, 0.25) is 0 Å². The molecule has 15 heavy (non-hydrogen) atoms. The summed E-state index contributed by atoms with van der Waals surface area (Å²) in [7, 11) is 1.63. The second-order valence-corrected chi connectivity index (χ2v) is 2.78. The minimum atomic E-state index is 0.269. The molecule has 0 aliphatic heterocycles. The number of hydrogen-bond donors (Lipinski definition) is 0. The number of ether oxygens (including phenoxy) is 2. The Morgan fingerprint density at radius 3 is 2.67 bits per heavy atom. The van der Waals surface area contributed by atoms with E-state index in [0.717, 1.165) is 11.3 Å². The van der Waals surface area contributed by atoms with Gasteiger partial charge in [-0.15, -0.1) is 0 Å². The van der Waals surface area contributed by atoms with E-state index >= 15 is 0 Å². The van der Waals surface area contributed by atoms with Crippen LogP contribution in [0.4, 0.5) is 0 Å². The number of rotatable bonds is 4. The lowest BCUT2D eigenvalue weighted by atomic mass is 10.2. The zero-order valence-corrected chi connectivity index (χ0v) is 8.53. The summed E-state index contributed by atoms with van der Waals surface area (Å²) >= 11 is 0. The first-order chi connectivity index (χ1) is 7.36. The van der Waals surface area contributed by atoms with E-state index in [4.69, 9.17) is 9.47 Å². The zero-order valence-electron chi connectivity index (χ0n) is 8.53. The lowest BCUT2D eigenvalue weighted by molar-refractivity contribution is -0.103. The van der Waals surface area contributed by atoms with E-state index in [2.05, 4.69) is 11.8 Å². The van der Waals surface area contributed by atoms with Gasteiger partial charge in [0.15, 0.2) is 6.29 Å². The first-order valence-corrected chi connectivity index (χ1v) is 4.49. The van der Waals surface area contributed by atoms with Crippen LogP contribution in [0, 0.1) is 11.8 Å². The Morgan fingerprint density at radius 2 is 2.07 bits per heavy atom. The summed E-state index contributed by atoms with van der Waals surface area (Å²) in [6.45, 7) is 0.752. The monoisotopic (exact) mass is 204 g/mol. The van der Waals surface area contributed by atoms with Crippen molar-refractivity contribution >= 4 is 6.29 Å². The fourth-order valence-electron chi connectivity index (χ4n) is 1.03. The van der Waals surface area contributed by atoms with Gasteiger partial charge in [0.1, 0.15) is 12.4 Å². The minimum Gasteiger partial charge on any atom is -0.497 e. The van der Waals surface area contributed by atoms with Crippen LogP contribution in [-0.2, 0) is 16.1 Å². The highest BCUT2D eigenvalue weighted by Gasteiger charge is 1.93. The predicted molar refractivity (Wildman–Crippen MR) is 56.5 cm³/mol. The first-order valence-electron chi connectivity index (χ1n) is 4.49. The van der Waals surface area contributed by atoms with Crippen molar-refractivity contribution in [3.63, 3.8) is 0 Å². The Hall–Kier alpha value is -1.79. The Bertz CT molecular complexity index is 357. The molecule has 0 aliphatic carbocycles. The largest absolute Gasteiger partial charge is 0.497 e. The second kappa shape index (κ2) is 6.63. The van der Waals surface area contributed by atoms with Crippen molar-refractivity contribution in [1.82, 2.24) is 0 Å². The molecule has 3 nitrogen and oxygen atoms in total. The quantitative estimate of drug-likeness (QED) is 0.422. The van der Waals surface area contributed by atoms with E-state index in [1.807, 2.05) is 24.3 Å². The van der Waals surface area contributed by atoms with E-state index in [1.54, 1.807) is 7.11 Å². The molecule has 1 aromatic rings. The Morgan fingerprint density at radius 1 is 1.33 bits per heavy atom. The fraction of sp³-hybridized carbons (Fsp3) is 0.250. The van der Waals surface area contributed by atoms with Gasteiger partial charge in [0.05, 0.1) is 13.7 Å². The standard InChI is InChI=1S/C12H12O3/c1-14-12-6-4-11(5-7-12)10-15-9-3-2-8-13/h4-8H,9-10H2,1H3. The number of carbonyl (C=O) groups excluding carboxylic acids is 1. The maximum Gasteiger partial charge on any atom is 0.192 e. The summed E-state index contributed by atoms with van der Waals surface area (Å²) in [5, 5.41) is 0. The molecule has 0 heterocycles. The van der Waals surface area contributed by atoms with Gasteiger partial charge in [0, 0.05) is 0 Å². The highest BCUT2D eigenvalue weighted by atomic mass is 16.5. The summed E-state index contributed by atoms with van der Waals surface area (Å²) in [5.41, 5.74) is 1.05. The third-order valence-electron chi connectivity index (χ3n) is 1.76. The highest BCUT2D eigenvalue weighted by Crippen LogP contribution is 2.11. The fourth-order valence-corrected chi connectivity index (χ4v) is 1.03. The lowest BCUT2D eigenvalue weighted by Gasteiger charge is -2.02.